The maximum absolute atomic E-state index is 10.3. The molecule has 5 nitrogen and oxygen atoms in total. The quantitative estimate of drug-likeness (QED) is 0.804. The van der Waals surface area contributed by atoms with E-state index in [9.17, 15) is 5.11 Å². The lowest BCUT2D eigenvalue weighted by molar-refractivity contribution is 0.0445. The fourth-order valence-corrected chi connectivity index (χ4v) is 3.08. The van der Waals surface area contributed by atoms with Gasteiger partial charge in [0.05, 0.1) is 11.3 Å². The summed E-state index contributed by atoms with van der Waals surface area (Å²) in [5, 5.41) is 18.4. The Kier molecular flexibility index (Phi) is 4.70. The van der Waals surface area contributed by atoms with Crippen molar-refractivity contribution in [1.82, 2.24) is 15.1 Å². The molecule has 0 amide bonds. The molecule has 20 heavy (non-hydrogen) atoms. The minimum Gasteiger partial charge on any atom is -0.388 e. The van der Waals surface area contributed by atoms with Crippen LogP contribution < -0.4 is 10.2 Å². The van der Waals surface area contributed by atoms with Crippen LogP contribution in [0.5, 0.6) is 0 Å². The SMILES string of the molecule is CCCNCc1c(C)nn(C)c1N1CCCC(C)(O)C1. The highest BCUT2D eigenvalue weighted by Crippen LogP contribution is 2.29. The summed E-state index contributed by atoms with van der Waals surface area (Å²) in [6, 6.07) is 0. The number of β-amino-alcohol motifs (C(OH)–C–C–N with tert-alkyl or cyclic N) is 1. The van der Waals surface area contributed by atoms with Crippen LogP contribution in [0.2, 0.25) is 0 Å². The van der Waals surface area contributed by atoms with E-state index in [0.717, 1.165) is 50.4 Å². The van der Waals surface area contributed by atoms with E-state index in [2.05, 4.69) is 29.2 Å². The molecule has 1 aliphatic rings. The fourth-order valence-electron chi connectivity index (χ4n) is 3.08. The minimum atomic E-state index is -0.593. The summed E-state index contributed by atoms with van der Waals surface area (Å²) >= 11 is 0. The lowest BCUT2D eigenvalue weighted by atomic mass is 9.95. The first kappa shape index (κ1) is 15.3. The molecule has 1 saturated heterocycles. The molecule has 0 radical (unpaired) electrons. The van der Waals surface area contributed by atoms with Crippen molar-refractivity contribution in [3.63, 3.8) is 0 Å². The molecule has 1 unspecified atom stereocenters. The highest BCUT2D eigenvalue weighted by atomic mass is 16.3. The Bertz CT molecular complexity index is 453. The zero-order chi connectivity index (χ0) is 14.8. The van der Waals surface area contributed by atoms with Crippen LogP contribution in [0, 0.1) is 6.92 Å². The van der Waals surface area contributed by atoms with Crippen molar-refractivity contribution in [2.45, 2.75) is 52.2 Å². The van der Waals surface area contributed by atoms with Crippen LogP contribution in [-0.2, 0) is 13.6 Å². The molecule has 0 bridgehead atoms. The van der Waals surface area contributed by atoms with Gasteiger partial charge in [-0.2, -0.15) is 5.10 Å². The van der Waals surface area contributed by atoms with Crippen LogP contribution >= 0.6 is 0 Å². The van der Waals surface area contributed by atoms with Crippen LogP contribution in [0.4, 0.5) is 5.82 Å². The lowest BCUT2D eigenvalue weighted by Gasteiger charge is -2.38. The summed E-state index contributed by atoms with van der Waals surface area (Å²) in [4.78, 5) is 2.28. The van der Waals surface area contributed by atoms with Gasteiger partial charge in [-0.1, -0.05) is 6.92 Å². The van der Waals surface area contributed by atoms with Crippen molar-refractivity contribution in [3.05, 3.63) is 11.3 Å². The van der Waals surface area contributed by atoms with Crippen LogP contribution in [0.25, 0.3) is 0 Å². The van der Waals surface area contributed by atoms with Crippen molar-refractivity contribution in [2.24, 2.45) is 7.05 Å². The van der Waals surface area contributed by atoms with E-state index in [1.54, 1.807) is 0 Å². The third-order valence-electron chi connectivity index (χ3n) is 4.02. The van der Waals surface area contributed by atoms with Crippen molar-refractivity contribution < 1.29 is 5.11 Å². The molecule has 0 aliphatic carbocycles. The molecule has 1 aromatic rings. The molecule has 114 valence electrons. The summed E-state index contributed by atoms with van der Waals surface area (Å²) in [7, 11) is 2.00. The predicted molar refractivity (Wildman–Crippen MR) is 82.0 cm³/mol. The van der Waals surface area contributed by atoms with Gasteiger partial charge in [-0.3, -0.25) is 4.68 Å². The summed E-state index contributed by atoms with van der Waals surface area (Å²) in [6.07, 6.45) is 3.04. The summed E-state index contributed by atoms with van der Waals surface area (Å²) < 4.78 is 1.96. The number of aryl methyl sites for hydroxylation is 2. The molecule has 0 saturated carbocycles. The van der Waals surface area contributed by atoms with Gasteiger partial charge in [0.25, 0.3) is 0 Å². The molecule has 0 aromatic carbocycles. The maximum Gasteiger partial charge on any atom is 0.131 e. The summed E-state index contributed by atoms with van der Waals surface area (Å²) in [6.45, 7) is 9.72. The van der Waals surface area contributed by atoms with Crippen molar-refractivity contribution >= 4 is 5.82 Å². The summed E-state index contributed by atoms with van der Waals surface area (Å²) in [5.41, 5.74) is 1.75. The highest BCUT2D eigenvalue weighted by Gasteiger charge is 2.31. The van der Waals surface area contributed by atoms with Gasteiger partial charge in [0.15, 0.2) is 0 Å². The van der Waals surface area contributed by atoms with E-state index >= 15 is 0 Å². The Morgan fingerprint density at radius 1 is 1.45 bits per heavy atom. The Morgan fingerprint density at radius 2 is 2.20 bits per heavy atom. The minimum absolute atomic E-state index is 0.593. The standard InChI is InChI=1S/C15H28N4O/c1-5-8-16-10-13-12(2)17-18(4)14(13)19-9-6-7-15(3,20)11-19/h16,20H,5-11H2,1-4H3. The van der Waals surface area contributed by atoms with Crippen LogP contribution in [0.15, 0.2) is 0 Å². The number of hydrogen-bond donors (Lipinski definition) is 2. The monoisotopic (exact) mass is 280 g/mol. The van der Waals surface area contributed by atoms with Crippen molar-refractivity contribution in [1.29, 1.82) is 0 Å². The third kappa shape index (κ3) is 3.33. The van der Waals surface area contributed by atoms with Gasteiger partial charge in [-0.15, -0.1) is 0 Å². The molecule has 2 rings (SSSR count). The second kappa shape index (κ2) is 6.14. The van der Waals surface area contributed by atoms with E-state index in [4.69, 9.17) is 0 Å². The fraction of sp³-hybridized carbons (Fsp3) is 0.800. The Labute approximate surface area is 122 Å². The van der Waals surface area contributed by atoms with E-state index in [0.29, 0.717) is 6.54 Å². The summed E-state index contributed by atoms with van der Waals surface area (Å²) in [5.74, 6) is 1.16. The number of nitrogens with one attached hydrogen (secondary N) is 1. The third-order valence-corrected chi connectivity index (χ3v) is 4.02. The molecule has 1 atom stereocenters. The molecule has 0 spiro atoms. The molecule has 1 aliphatic heterocycles. The molecular formula is C15H28N4O. The van der Waals surface area contributed by atoms with Gasteiger partial charge in [0.2, 0.25) is 0 Å². The number of aliphatic hydroxyl groups is 1. The Hall–Kier alpha value is -1.07. The zero-order valence-corrected chi connectivity index (χ0v) is 13.2. The number of nitrogens with zero attached hydrogens (tertiary/aromatic N) is 3. The number of hydrogen-bond acceptors (Lipinski definition) is 4. The average molecular weight is 280 g/mol. The Balaban J connectivity index is 2.21. The first-order valence-corrected chi connectivity index (χ1v) is 7.65. The van der Waals surface area contributed by atoms with Crippen molar-refractivity contribution in [3.8, 4) is 0 Å². The second-order valence-corrected chi connectivity index (χ2v) is 6.21. The zero-order valence-electron chi connectivity index (χ0n) is 13.2. The van der Waals surface area contributed by atoms with Gasteiger partial charge < -0.3 is 15.3 Å². The van der Waals surface area contributed by atoms with Gasteiger partial charge in [0, 0.05) is 32.2 Å². The van der Waals surface area contributed by atoms with E-state index in [1.807, 2.05) is 18.7 Å². The average Bonchev–Trinajstić information content (AvgIpc) is 2.63. The number of anilines is 1. The van der Waals surface area contributed by atoms with E-state index < -0.39 is 5.60 Å². The number of piperidine rings is 1. The smallest absolute Gasteiger partial charge is 0.131 e. The predicted octanol–water partition coefficient (Wildman–Crippen LogP) is 1.58. The largest absolute Gasteiger partial charge is 0.388 e. The van der Waals surface area contributed by atoms with Gasteiger partial charge in [-0.05, 0) is 39.7 Å². The number of rotatable bonds is 5. The lowest BCUT2D eigenvalue weighted by Crippen LogP contribution is -2.47. The molecule has 5 heteroatoms. The molecule has 2 heterocycles. The number of aromatic nitrogens is 2. The normalized spacial score (nSPS) is 23.4. The van der Waals surface area contributed by atoms with Gasteiger partial charge in [0.1, 0.15) is 5.82 Å². The second-order valence-electron chi connectivity index (χ2n) is 6.21. The first-order valence-electron chi connectivity index (χ1n) is 7.65. The molecule has 1 aromatic heterocycles. The van der Waals surface area contributed by atoms with E-state index in [-0.39, 0.29) is 0 Å². The molecular weight excluding hydrogens is 252 g/mol. The topological polar surface area (TPSA) is 53.3 Å². The van der Waals surface area contributed by atoms with E-state index in [1.165, 1.54) is 5.56 Å². The Morgan fingerprint density at radius 3 is 2.85 bits per heavy atom. The van der Waals surface area contributed by atoms with Crippen molar-refractivity contribution in [2.75, 3.05) is 24.5 Å². The first-order chi connectivity index (χ1) is 9.44. The van der Waals surface area contributed by atoms with Crippen LogP contribution in [-0.4, -0.2) is 40.1 Å². The van der Waals surface area contributed by atoms with Crippen LogP contribution in [0.1, 0.15) is 44.4 Å². The molecule has 1 fully saturated rings. The highest BCUT2D eigenvalue weighted by molar-refractivity contribution is 5.51. The van der Waals surface area contributed by atoms with Crippen LogP contribution in [0.3, 0.4) is 0 Å². The molecule has 2 N–H and O–H groups in total. The van der Waals surface area contributed by atoms with Gasteiger partial charge in [-0.25, -0.2) is 0 Å². The van der Waals surface area contributed by atoms with Gasteiger partial charge >= 0.3 is 0 Å². The maximum atomic E-state index is 10.3.